The molecule has 5 rings (SSSR count). The highest BCUT2D eigenvalue weighted by atomic mass is 35.5. The fourth-order valence-corrected chi connectivity index (χ4v) is 5.88. The average molecular weight is 341 g/mol. The molecule has 4 heterocycles. The van der Waals surface area contributed by atoms with Gasteiger partial charge in [0, 0.05) is 5.02 Å². The molecule has 4 fully saturated rings. The summed E-state index contributed by atoms with van der Waals surface area (Å²) in [5.74, 6) is 0.510. The lowest BCUT2D eigenvalue weighted by molar-refractivity contribution is -1.18. The first-order chi connectivity index (χ1) is 10.4. The quantitative estimate of drug-likeness (QED) is 0.817. The van der Waals surface area contributed by atoms with Gasteiger partial charge in [-0.25, -0.2) is 0 Å². The van der Waals surface area contributed by atoms with Crippen molar-refractivity contribution < 1.29 is 14.6 Å². The van der Waals surface area contributed by atoms with E-state index in [1.807, 2.05) is 12.1 Å². The minimum Gasteiger partial charge on any atom is -0.297 e. The second-order valence-electron chi connectivity index (χ2n) is 7.65. The number of hydrogen-bond donors (Lipinski definition) is 2. The van der Waals surface area contributed by atoms with Gasteiger partial charge in [-0.1, -0.05) is 30.1 Å². The van der Waals surface area contributed by atoms with E-state index in [1.54, 1.807) is 0 Å². The maximum atomic E-state index is 12.9. The summed E-state index contributed by atoms with van der Waals surface area (Å²) < 4.78 is 0. The Balaban J connectivity index is 1.77. The Labute approximate surface area is 141 Å². The molecule has 3 nitrogen and oxygen atoms in total. The Morgan fingerprint density at radius 3 is 2.36 bits per heavy atom. The minimum atomic E-state index is -0.160. The number of quaternary nitrogens is 2. The Bertz CT molecular complexity index is 644. The second-order valence-corrected chi connectivity index (χ2v) is 8.49. The summed E-state index contributed by atoms with van der Waals surface area (Å²) in [6.07, 6.45) is 1.29. The highest BCUT2D eigenvalue weighted by Crippen LogP contribution is 2.39. The average Bonchev–Trinajstić information content (AvgIpc) is 2.45. The number of halogens is 2. The van der Waals surface area contributed by atoms with Gasteiger partial charge in [-0.3, -0.25) is 14.6 Å². The van der Waals surface area contributed by atoms with Crippen LogP contribution in [0.2, 0.25) is 10.0 Å². The van der Waals surface area contributed by atoms with Crippen molar-refractivity contribution in [1.29, 1.82) is 0 Å². The molecule has 22 heavy (non-hydrogen) atoms. The molecule has 2 unspecified atom stereocenters. The normalized spacial score (nSPS) is 42.9. The fourth-order valence-electron chi connectivity index (χ4n) is 5.37. The van der Waals surface area contributed by atoms with Crippen LogP contribution in [-0.2, 0) is 4.79 Å². The molecule has 0 spiro atoms. The number of hydrogen-bond acceptors (Lipinski definition) is 1. The summed E-state index contributed by atoms with van der Waals surface area (Å²) in [5, 5.41) is 1.44. The number of piperidine rings is 2. The SMILES string of the molecule is CCC12C[NH+]3CC(C)(C[NH+](C1)C3c1ccc(Cl)cc1Cl)C2=O. The van der Waals surface area contributed by atoms with E-state index in [1.165, 1.54) is 15.4 Å². The molecule has 1 aromatic carbocycles. The van der Waals surface area contributed by atoms with Crippen LogP contribution in [0.3, 0.4) is 0 Å². The zero-order valence-electron chi connectivity index (χ0n) is 13.0. The zero-order chi connectivity index (χ0) is 15.7. The van der Waals surface area contributed by atoms with Crippen LogP contribution in [0.15, 0.2) is 18.2 Å². The molecule has 0 saturated carbocycles. The van der Waals surface area contributed by atoms with Crippen LogP contribution in [0.1, 0.15) is 32.0 Å². The van der Waals surface area contributed by atoms with Crippen LogP contribution >= 0.6 is 23.2 Å². The second kappa shape index (κ2) is 4.70. The molecule has 118 valence electrons. The maximum Gasteiger partial charge on any atom is 0.241 e. The van der Waals surface area contributed by atoms with Crippen LogP contribution in [0.25, 0.3) is 0 Å². The third-order valence-corrected chi connectivity index (χ3v) is 6.72. The van der Waals surface area contributed by atoms with E-state index in [-0.39, 0.29) is 10.8 Å². The van der Waals surface area contributed by atoms with Crippen LogP contribution in [0, 0.1) is 10.8 Å². The van der Waals surface area contributed by atoms with Gasteiger partial charge in [0.2, 0.25) is 6.17 Å². The highest BCUT2D eigenvalue weighted by Gasteiger charge is 2.69. The summed E-state index contributed by atoms with van der Waals surface area (Å²) in [5.41, 5.74) is 0.898. The lowest BCUT2D eigenvalue weighted by Gasteiger charge is -2.59. The van der Waals surface area contributed by atoms with Gasteiger partial charge in [-0.05, 0) is 31.5 Å². The van der Waals surface area contributed by atoms with Crippen LogP contribution in [-0.4, -0.2) is 32.0 Å². The summed E-state index contributed by atoms with van der Waals surface area (Å²) in [6.45, 7) is 8.09. The van der Waals surface area contributed by atoms with Gasteiger partial charge in [0.1, 0.15) is 23.9 Å². The zero-order valence-corrected chi connectivity index (χ0v) is 14.5. The first-order valence-corrected chi connectivity index (χ1v) is 8.83. The topological polar surface area (TPSA) is 26.0 Å². The molecule has 4 aliphatic heterocycles. The van der Waals surface area contributed by atoms with Crippen molar-refractivity contribution in [2.24, 2.45) is 10.8 Å². The summed E-state index contributed by atoms with van der Waals surface area (Å²) in [6, 6.07) is 5.84. The van der Waals surface area contributed by atoms with E-state index in [0.717, 1.165) is 37.6 Å². The summed E-state index contributed by atoms with van der Waals surface area (Å²) in [7, 11) is 0. The van der Waals surface area contributed by atoms with Crippen molar-refractivity contribution in [3.8, 4) is 0 Å². The molecule has 0 aromatic heterocycles. The first-order valence-electron chi connectivity index (χ1n) is 8.08. The molecule has 2 N–H and O–H groups in total. The lowest BCUT2D eigenvalue weighted by atomic mass is 9.60. The van der Waals surface area contributed by atoms with E-state index >= 15 is 0 Å². The summed E-state index contributed by atoms with van der Waals surface area (Å²) >= 11 is 12.5. The van der Waals surface area contributed by atoms with E-state index in [4.69, 9.17) is 23.2 Å². The molecule has 5 heteroatoms. The van der Waals surface area contributed by atoms with Gasteiger partial charge in [0.25, 0.3) is 0 Å². The standard InChI is InChI=1S/C17H20Cl2N2O/c1-3-17-9-20-7-16(2,15(17)22)8-21(10-17)14(20)12-5-4-11(18)6-13(12)19/h4-6,14H,3,7-10H2,1-2H3/p+2. The Hall–Kier alpha value is -0.610. The smallest absolute Gasteiger partial charge is 0.241 e. The molecule has 4 bridgehead atoms. The number of nitrogens with one attached hydrogen (secondary N) is 2. The molecule has 1 aromatic rings. The third-order valence-electron chi connectivity index (χ3n) is 6.16. The van der Waals surface area contributed by atoms with E-state index in [0.29, 0.717) is 17.0 Å². The van der Waals surface area contributed by atoms with Gasteiger partial charge in [0.05, 0.1) is 23.7 Å². The molecule has 0 amide bonds. The summed E-state index contributed by atoms with van der Waals surface area (Å²) in [4.78, 5) is 16.0. The fraction of sp³-hybridized carbons (Fsp3) is 0.588. The molecular weight excluding hydrogens is 319 g/mol. The van der Waals surface area contributed by atoms with Gasteiger partial charge < -0.3 is 0 Å². The molecule has 2 atom stereocenters. The lowest BCUT2D eigenvalue weighted by Crippen LogP contribution is -3.41. The monoisotopic (exact) mass is 340 g/mol. The Morgan fingerprint density at radius 2 is 1.82 bits per heavy atom. The highest BCUT2D eigenvalue weighted by molar-refractivity contribution is 6.35. The number of Topliss-reactive ketones (excluding diaryl/α,β-unsaturated/α-hetero) is 1. The van der Waals surface area contributed by atoms with Crippen LogP contribution in [0.5, 0.6) is 0 Å². The molecule has 4 saturated heterocycles. The van der Waals surface area contributed by atoms with E-state index in [9.17, 15) is 4.79 Å². The van der Waals surface area contributed by atoms with Gasteiger partial charge in [0.15, 0.2) is 5.78 Å². The van der Waals surface area contributed by atoms with Gasteiger partial charge >= 0.3 is 0 Å². The van der Waals surface area contributed by atoms with E-state index < -0.39 is 0 Å². The first kappa shape index (κ1) is 14.9. The molecular formula is C17H22Cl2N2O+2. The van der Waals surface area contributed by atoms with Crippen molar-refractivity contribution in [2.75, 3.05) is 26.2 Å². The number of rotatable bonds is 2. The largest absolute Gasteiger partial charge is 0.297 e. The van der Waals surface area contributed by atoms with Crippen molar-refractivity contribution in [2.45, 2.75) is 26.4 Å². The molecule has 4 aliphatic rings. The molecule has 0 aliphatic carbocycles. The number of benzene rings is 1. The van der Waals surface area contributed by atoms with Gasteiger partial charge in [-0.15, -0.1) is 0 Å². The molecule has 0 radical (unpaired) electrons. The maximum absolute atomic E-state index is 12.9. The predicted molar refractivity (Wildman–Crippen MR) is 86.4 cm³/mol. The van der Waals surface area contributed by atoms with Crippen molar-refractivity contribution in [3.05, 3.63) is 33.8 Å². The third kappa shape index (κ3) is 1.86. The van der Waals surface area contributed by atoms with Crippen molar-refractivity contribution in [3.63, 3.8) is 0 Å². The number of ketones is 1. The van der Waals surface area contributed by atoms with Crippen molar-refractivity contribution >= 4 is 29.0 Å². The van der Waals surface area contributed by atoms with E-state index in [2.05, 4.69) is 19.9 Å². The van der Waals surface area contributed by atoms with Crippen LogP contribution < -0.4 is 9.80 Å². The number of carbonyl (C=O) groups excluding carboxylic acids is 1. The minimum absolute atomic E-state index is 0.120. The number of carbonyl (C=O) groups is 1. The van der Waals surface area contributed by atoms with Gasteiger partial charge in [-0.2, -0.15) is 0 Å². The Kier molecular flexibility index (Phi) is 3.19. The predicted octanol–water partition coefficient (Wildman–Crippen LogP) is 0.774. The van der Waals surface area contributed by atoms with Crippen LogP contribution in [0.4, 0.5) is 0 Å². The van der Waals surface area contributed by atoms with Crippen molar-refractivity contribution in [1.82, 2.24) is 0 Å². The Morgan fingerprint density at radius 1 is 1.18 bits per heavy atom.